The number of halogens is 3. The summed E-state index contributed by atoms with van der Waals surface area (Å²) in [5, 5.41) is 16.1. The van der Waals surface area contributed by atoms with Gasteiger partial charge in [-0.25, -0.2) is 4.68 Å². The fraction of sp³-hybridized carbons (Fsp3) is 0.350. The largest absolute Gasteiger partial charge is 0.392 e. The van der Waals surface area contributed by atoms with Crippen LogP contribution < -0.4 is 5.73 Å². The molecule has 8 heteroatoms. The van der Waals surface area contributed by atoms with E-state index in [-0.39, 0.29) is 6.61 Å². The number of hydrogen-bond donors (Lipinski definition) is 2. The van der Waals surface area contributed by atoms with Crippen LogP contribution in [0, 0.1) is 0 Å². The molecular formula is C20H22BrCl2N3OS. The first-order valence-electron chi connectivity index (χ1n) is 9.18. The number of aliphatic hydroxyl groups excluding tert-OH is 1. The number of aryl methyl sites for hydroxylation is 1. The Labute approximate surface area is 187 Å². The molecule has 0 amide bonds. The molecule has 0 fully saturated rings. The highest BCUT2D eigenvalue weighted by molar-refractivity contribution is 9.11. The number of hydrogen-bond acceptors (Lipinski definition) is 4. The van der Waals surface area contributed by atoms with Crippen molar-refractivity contribution in [1.29, 1.82) is 0 Å². The predicted molar refractivity (Wildman–Crippen MR) is 122 cm³/mol. The van der Waals surface area contributed by atoms with E-state index in [1.165, 1.54) is 0 Å². The van der Waals surface area contributed by atoms with Gasteiger partial charge in [0.1, 0.15) is 0 Å². The lowest BCUT2D eigenvalue weighted by molar-refractivity contribution is 0.281. The quantitative estimate of drug-likeness (QED) is 0.341. The number of thiophene rings is 1. The average Bonchev–Trinajstić information content (AvgIpc) is 3.24. The van der Waals surface area contributed by atoms with E-state index in [1.54, 1.807) is 23.5 Å². The van der Waals surface area contributed by atoms with Crippen molar-refractivity contribution in [3.05, 3.63) is 55.4 Å². The van der Waals surface area contributed by atoms with Crippen molar-refractivity contribution in [2.24, 2.45) is 5.73 Å². The molecule has 28 heavy (non-hydrogen) atoms. The SMILES string of the molecule is NCCCCCCc1nn(-c2ccc(Cl)cc2Cl)c(-c2ccc(Br)s2)c1CO. The zero-order valence-electron chi connectivity index (χ0n) is 15.3. The molecule has 0 aliphatic heterocycles. The molecule has 3 N–H and O–H groups in total. The van der Waals surface area contributed by atoms with Gasteiger partial charge in [-0.3, -0.25) is 0 Å². The van der Waals surface area contributed by atoms with Crippen molar-refractivity contribution in [3.8, 4) is 16.3 Å². The summed E-state index contributed by atoms with van der Waals surface area (Å²) in [6.45, 7) is 0.650. The van der Waals surface area contributed by atoms with Gasteiger partial charge in [-0.2, -0.15) is 5.10 Å². The van der Waals surface area contributed by atoms with E-state index in [4.69, 9.17) is 34.0 Å². The van der Waals surface area contributed by atoms with E-state index >= 15 is 0 Å². The van der Waals surface area contributed by atoms with Crippen molar-refractivity contribution in [1.82, 2.24) is 9.78 Å². The van der Waals surface area contributed by atoms with Gasteiger partial charge in [0.05, 0.1) is 37.4 Å². The zero-order valence-corrected chi connectivity index (χ0v) is 19.2. The van der Waals surface area contributed by atoms with Crippen molar-refractivity contribution in [3.63, 3.8) is 0 Å². The van der Waals surface area contributed by atoms with Gasteiger partial charge in [0.2, 0.25) is 0 Å². The van der Waals surface area contributed by atoms with Crippen LogP contribution in [0.2, 0.25) is 10.0 Å². The maximum absolute atomic E-state index is 10.2. The summed E-state index contributed by atoms with van der Waals surface area (Å²) >= 11 is 17.7. The molecule has 3 rings (SSSR count). The van der Waals surface area contributed by atoms with Gasteiger partial charge in [-0.15, -0.1) is 11.3 Å². The molecule has 3 aromatic rings. The lowest BCUT2D eigenvalue weighted by Gasteiger charge is -2.09. The van der Waals surface area contributed by atoms with E-state index in [2.05, 4.69) is 15.9 Å². The van der Waals surface area contributed by atoms with Crippen molar-refractivity contribution >= 4 is 50.5 Å². The molecule has 2 aromatic heterocycles. The van der Waals surface area contributed by atoms with Gasteiger partial charge in [0, 0.05) is 10.6 Å². The predicted octanol–water partition coefficient (Wildman–Crippen LogP) is 6.22. The standard InChI is InChI=1S/C20H22BrCl2N3OS/c21-19-9-8-18(28-19)20-14(12-27)16(5-3-1-2-4-10-24)25-26(20)17-7-6-13(22)11-15(17)23/h6-9,11,27H,1-5,10,12,24H2. The van der Waals surface area contributed by atoms with Crippen LogP contribution in [0.25, 0.3) is 16.3 Å². The van der Waals surface area contributed by atoms with Crippen LogP contribution in [0.1, 0.15) is 36.9 Å². The van der Waals surface area contributed by atoms with Crippen LogP contribution in [0.3, 0.4) is 0 Å². The number of rotatable bonds is 9. The number of aliphatic hydroxyl groups is 1. The van der Waals surface area contributed by atoms with Gasteiger partial charge in [-0.1, -0.05) is 36.0 Å². The van der Waals surface area contributed by atoms with Crippen LogP contribution in [-0.2, 0) is 13.0 Å². The van der Waals surface area contributed by atoms with Gasteiger partial charge < -0.3 is 10.8 Å². The highest BCUT2D eigenvalue weighted by Gasteiger charge is 2.22. The highest BCUT2D eigenvalue weighted by atomic mass is 79.9. The minimum Gasteiger partial charge on any atom is -0.392 e. The first kappa shape index (κ1) is 21.8. The fourth-order valence-corrected chi connectivity index (χ4v) is 5.11. The summed E-state index contributed by atoms with van der Waals surface area (Å²) in [6, 6.07) is 9.38. The monoisotopic (exact) mass is 501 g/mol. The Hall–Kier alpha value is -0.890. The number of nitrogens with zero attached hydrogens (tertiary/aromatic N) is 2. The summed E-state index contributed by atoms with van der Waals surface area (Å²) in [5.41, 5.74) is 8.94. The van der Waals surface area contributed by atoms with Crippen LogP contribution in [-0.4, -0.2) is 21.4 Å². The fourth-order valence-electron chi connectivity index (χ4n) is 3.17. The maximum Gasteiger partial charge on any atom is 0.0899 e. The Morgan fingerprint density at radius 1 is 1.11 bits per heavy atom. The molecule has 0 spiro atoms. The third kappa shape index (κ3) is 4.99. The minimum absolute atomic E-state index is 0.0752. The van der Waals surface area contributed by atoms with Crippen LogP contribution >= 0.6 is 50.5 Å². The lowest BCUT2D eigenvalue weighted by Crippen LogP contribution is -2.00. The molecule has 0 aliphatic carbocycles. The second kappa shape index (κ2) is 10.2. The second-order valence-corrected chi connectivity index (χ2v) is 9.80. The molecule has 0 bridgehead atoms. The molecule has 0 atom stereocenters. The molecule has 0 unspecified atom stereocenters. The molecular weight excluding hydrogens is 481 g/mol. The van der Waals surface area contributed by atoms with Crippen molar-refractivity contribution in [2.45, 2.75) is 38.7 Å². The Morgan fingerprint density at radius 2 is 1.89 bits per heavy atom. The Kier molecular flexibility index (Phi) is 7.97. The molecule has 0 radical (unpaired) electrons. The normalized spacial score (nSPS) is 11.3. The summed E-state index contributed by atoms with van der Waals surface area (Å²) in [5.74, 6) is 0. The molecule has 1 aromatic carbocycles. The van der Waals surface area contributed by atoms with E-state index in [0.717, 1.165) is 70.0 Å². The first-order chi connectivity index (χ1) is 13.5. The maximum atomic E-state index is 10.2. The molecule has 0 saturated carbocycles. The minimum atomic E-state index is -0.0752. The number of nitrogens with two attached hydrogens (primary N) is 1. The van der Waals surface area contributed by atoms with E-state index < -0.39 is 0 Å². The third-order valence-corrected chi connectivity index (χ3v) is 6.71. The van der Waals surface area contributed by atoms with Crippen LogP contribution in [0.5, 0.6) is 0 Å². The molecule has 150 valence electrons. The van der Waals surface area contributed by atoms with Crippen LogP contribution in [0.4, 0.5) is 0 Å². The second-order valence-electron chi connectivity index (χ2n) is 6.50. The summed E-state index contributed by atoms with van der Waals surface area (Å²) < 4.78 is 2.85. The Bertz CT molecular complexity index is 942. The van der Waals surface area contributed by atoms with Gasteiger partial charge >= 0.3 is 0 Å². The number of unbranched alkanes of at least 4 members (excludes halogenated alkanes) is 3. The van der Waals surface area contributed by atoms with Crippen molar-refractivity contribution < 1.29 is 5.11 Å². The van der Waals surface area contributed by atoms with Crippen molar-refractivity contribution in [2.75, 3.05) is 6.54 Å². The Morgan fingerprint density at radius 3 is 2.54 bits per heavy atom. The molecule has 0 saturated heterocycles. The lowest BCUT2D eigenvalue weighted by atomic mass is 10.1. The number of aromatic nitrogens is 2. The average molecular weight is 503 g/mol. The first-order valence-corrected chi connectivity index (χ1v) is 11.5. The van der Waals surface area contributed by atoms with Gasteiger partial charge in [0.25, 0.3) is 0 Å². The van der Waals surface area contributed by atoms with E-state index in [9.17, 15) is 5.11 Å². The summed E-state index contributed by atoms with van der Waals surface area (Å²) in [6.07, 6.45) is 5.05. The molecule has 4 nitrogen and oxygen atoms in total. The number of benzene rings is 1. The molecule has 2 heterocycles. The zero-order chi connectivity index (χ0) is 20.1. The summed E-state index contributed by atoms with van der Waals surface area (Å²) in [7, 11) is 0. The van der Waals surface area contributed by atoms with Gasteiger partial charge in [0.15, 0.2) is 0 Å². The van der Waals surface area contributed by atoms with E-state index in [1.807, 2.05) is 22.9 Å². The molecule has 0 aliphatic rings. The third-order valence-electron chi connectivity index (χ3n) is 4.54. The smallest absolute Gasteiger partial charge is 0.0899 e. The highest BCUT2D eigenvalue weighted by Crippen LogP contribution is 2.38. The Balaban J connectivity index is 2.04. The summed E-state index contributed by atoms with van der Waals surface area (Å²) in [4.78, 5) is 1.02. The van der Waals surface area contributed by atoms with Gasteiger partial charge in [-0.05, 0) is 72.1 Å². The van der Waals surface area contributed by atoms with E-state index in [0.29, 0.717) is 10.0 Å². The van der Waals surface area contributed by atoms with Crippen LogP contribution in [0.15, 0.2) is 34.1 Å². The topological polar surface area (TPSA) is 64.1 Å².